The van der Waals surface area contributed by atoms with Gasteiger partial charge in [-0.25, -0.2) is 35.1 Å². The van der Waals surface area contributed by atoms with E-state index in [1.54, 1.807) is 0 Å². The molecule has 5 aromatic rings. The number of benzene rings is 5. The number of hydrogen-bond acceptors (Lipinski definition) is 4. The number of rotatable bonds is 10. The van der Waals surface area contributed by atoms with Crippen molar-refractivity contribution in [2.75, 3.05) is 42.5 Å². The Morgan fingerprint density at radius 3 is 0.729 bits per heavy atom. The van der Waals surface area contributed by atoms with Crippen LogP contribution in [0.5, 0.6) is 23.0 Å². The van der Waals surface area contributed by atoms with Crippen molar-refractivity contribution in [3.8, 4) is 23.0 Å². The molecule has 0 aliphatic rings. The normalized spacial score (nSPS) is 11.4. The summed E-state index contributed by atoms with van der Waals surface area (Å²) in [7, 11) is 5.63. The second-order valence-corrected chi connectivity index (χ2v) is 12.5. The lowest BCUT2D eigenvalue weighted by Crippen LogP contribution is -3.04. The third-order valence-corrected chi connectivity index (χ3v) is 8.98. The van der Waals surface area contributed by atoms with Gasteiger partial charge in [0.2, 0.25) is 46.5 Å². The predicted octanol–water partition coefficient (Wildman–Crippen LogP) is 5.66. The van der Waals surface area contributed by atoms with E-state index >= 15 is 70.2 Å². The molecule has 0 atom stereocenters. The molecule has 318 valence electrons. The molecule has 22 heteroatoms. The van der Waals surface area contributed by atoms with Gasteiger partial charge >= 0.3 is 0 Å². The van der Waals surface area contributed by atoms with E-state index < -0.39 is 144 Å². The summed E-state index contributed by atoms with van der Waals surface area (Å²) >= 11 is 0. The van der Waals surface area contributed by atoms with Crippen LogP contribution in [0.2, 0.25) is 0 Å². The number of quaternary nitrogens is 1. The molecule has 0 saturated heterocycles. The number of ether oxygens (including phenoxy) is 4. The maximum Gasteiger partial charge on any atom is 0.200 e. The van der Waals surface area contributed by atoms with E-state index in [0.29, 0.717) is 28.4 Å². The van der Waals surface area contributed by atoms with Crippen molar-refractivity contribution < 1.29 is 94.1 Å². The zero-order valence-electron chi connectivity index (χ0n) is 30.9. The van der Waals surface area contributed by atoms with Crippen LogP contribution in [-0.2, 0) is 6.54 Å². The van der Waals surface area contributed by atoms with Crippen LogP contribution in [0.3, 0.4) is 0 Å². The largest absolute Gasteiger partial charge is 0.491 e. The van der Waals surface area contributed by atoms with Crippen LogP contribution in [0.1, 0.15) is 5.56 Å². The van der Waals surface area contributed by atoms with Crippen LogP contribution in [-0.4, -0.2) is 48.7 Å². The molecule has 0 saturated carbocycles. The Morgan fingerprint density at radius 2 is 0.559 bits per heavy atom. The van der Waals surface area contributed by atoms with Gasteiger partial charge in [0.05, 0.1) is 42.5 Å². The zero-order chi connectivity index (χ0) is 44.6. The smallest absolute Gasteiger partial charge is 0.200 e. The van der Waals surface area contributed by atoms with E-state index in [9.17, 15) is 0 Å². The highest BCUT2D eigenvalue weighted by molar-refractivity contribution is 7.20. The maximum absolute atomic E-state index is 16.1. The van der Waals surface area contributed by atoms with Gasteiger partial charge in [-0.1, -0.05) is 30.3 Å². The van der Waals surface area contributed by atoms with E-state index in [1.165, 1.54) is 10.5 Å². The van der Waals surface area contributed by atoms with Crippen molar-refractivity contribution in [3.05, 3.63) is 129 Å². The van der Waals surface area contributed by atoms with Gasteiger partial charge in [0.1, 0.15) is 59.2 Å². The quantitative estimate of drug-likeness (QED) is 0.112. The van der Waals surface area contributed by atoms with Gasteiger partial charge < -0.3 is 23.8 Å². The third-order valence-electron chi connectivity index (χ3n) is 8.98. The van der Waals surface area contributed by atoms with Gasteiger partial charge in [-0.15, -0.1) is 21.9 Å². The van der Waals surface area contributed by atoms with Crippen molar-refractivity contribution in [1.29, 1.82) is 0 Å². The SMILES string of the molecule is COc1c(F)c(F)c([B-](c2c(F)c(F)c(OC)c(F)c2F)(c2c(F)c(F)c(OC)c(F)c2F)c2c(F)c(F)c(OC)c(F)c2F)c(F)c1F.C[NH+](C)Cc1ccccc1. The molecular weight excluding hydrogens is 837 g/mol. The van der Waals surface area contributed by atoms with E-state index in [2.05, 4.69) is 63.4 Å². The molecule has 0 aromatic heterocycles. The van der Waals surface area contributed by atoms with Gasteiger partial charge in [-0.05, 0) is 0 Å². The number of hydrogen-bond donors (Lipinski definition) is 1. The molecule has 5 nitrogen and oxygen atoms in total. The van der Waals surface area contributed by atoms with Crippen LogP contribution >= 0.6 is 0 Å². The van der Waals surface area contributed by atoms with Crippen molar-refractivity contribution in [3.63, 3.8) is 0 Å². The first kappa shape index (κ1) is 45.9. The van der Waals surface area contributed by atoms with Crippen LogP contribution in [0.15, 0.2) is 30.3 Å². The third kappa shape index (κ3) is 7.31. The molecule has 5 rings (SSSR count). The molecule has 1 N–H and O–H groups in total. The molecule has 0 radical (unpaired) electrons. The Balaban J connectivity index is 0.000000670. The first-order valence-corrected chi connectivity index (χ1v) is 16.2. The Hall–Kier alpha value is -5.80. The molecule has 0 fully saturated rings. The Morgan fingerprint density at radius 1 is 0.356 bits per heavy atom. The molecule has 0 unspecified atom stereocenters. The van der Waals surface area contributed by atoms with Gasteiger partial charge in [-0.3, -0.25) is 0 Å². The summed E-state index contributed by atoms with van der Waals surface area (Å²) in [6.07, 6.45) is -6.80. The van der Waals surface area contributed by atoms with Gasteiger partial charge in [0.25, 0.3) is 0 Å². The molecule has 0 amide bonds. The standard InChI is InChI=1S/C28H12BF16O4.C9H13N/c1-46-25-17(38)9(30)5(10(31)18(25)39)29(6-11(32)19(40)26(47-2)20(41)12(6)33,7-13(34)21(42)27(48-3)22(43)14(7)35)8-15(36)23(44)28(49-4)24(45)16(8)37;1-10(2)8-9-6-4-3-5-7-9/h1-4H3;3-7H,8H2,1-2H3/q-1;/p+1. The Bertz CT molecular complexity index is 2030. The number of halogens is 16. The highest BCUT2D eigenvalue weighted by Crippen LogP contribution is 2.36. The Kier molecular flexibility index (Phi) is 13.7. The molecule has 0 aliphatic heterocycles. The summed E-state index contributed by atoms with van der Waals surface area (Å²) in [5.41, 5.74) is -11.2. The fourth-order valence-electron chi connectivity index (χ4n) is 6.62. The van der Waals surface area contributed by atoms with E-state index in [4.69, 9.17) is 0 Å². The summed E-state index contributed by atoms with van der Waals surface area (Å²) in [4.78, 5) is 1.46. The van der Waals surface area contributed by atoms with Gasteiger partial charge in [0.15, 0.2) is 23.0 Å². The van der Waals surface area contributed by atoms with E-state index in [1.807, 2.05) is 0 Å². The minimum Gasteiger partial charge on any atom is -0.491 e. The number of nitrogens with one attached hydrogen (secondary N) is 1. The van der Waals surface area contributed by atoms with E-state index in [-0.39, 0.29) is 0 Å². The highest BCUT2D eigenvalue weighted by Gasteiger charge is 2.52. The second-order valence-electron chi connectivity index (χ2n) is 12.5. The lowest BCUT2D eigenvalue weighted by Gasteiger charge is -2.45. The molecule has 59 heavy (non-hydrogen) atoms. The molecule has 0 bridgehead atoms. The topological polar surface area (TPSA) is 41.4 Å². The van der Waals surface area contributed by atoms with Crippen LogP contribution in [0, 0.1) is 93.1 Å². The first-order chi connectivity index (χ1) is 27.6. The van der Waals surface area contributed by atoms with Crippen LogP contribution in [0.25, 0.3) is 0 Å². The summed E-state index contributed by atoms with van der Waals surface area (Å²) in [6, 6.07) is 10.5. The first-order valence-electron chi connectivity index (χ1n) is 16.2. The fraction of sp³-hybridized carbons (Fsp3) is 0.189. The average Bonchev–Trinajstić information content (AvgIpc) is 3.19. The Labute approximate surface area is 323 Å². The second kappa shape index (κ2) is 17.6. The van der Waals surface area contributed by atoms with Crippen molar-refractivity contribution in [1.82, 2.24) is 0 Å². The lowest BCUT2D eigenvalue weighted by molar-refractivity contribution is -0.872. The summed E-state index contributed by atoms with van der Waals surface area (Å²) in [6.45, 7) is 1.11. The van der Waals surface area contributed by atoms with Crippen LogP contribution < -0.4 is 45.7 Å². The minimum atomic E-state index is -6.80. The average molecular weight is 863 g/mol. The van der Waals surface area contributed by atoms with Crippen molar-refractivity contribution in [2.45, 2.75) is 6.54 Å². The molecule has 0 aliphatic carbocycles. The molecule has 0 heterocycles. The summed E-state index contributed by atoms with van der Waals surface area (Å²) in [5, 5.41) is 0. The zero-order valence-corrected chi connectivity index (χ0v) is 30.9. The highest BCUT2D eigenvalue weighted by atomic mass is 19.2. The van der Waals surface area contributed by atoms with Gasteiger partial charge in [0, 0.05) is 5.56 Å². The van der Waals surface area contributed by atoms with Crippen LogP contribution in [0.4, 0.5) is 70.2 Å². The summed E-state index contributed by atoms with van der Waals surface area (Å²) < 4.78 is 267. The van der Waals surface area contributed by atoms with Crippen molar-refractivity contribution in [2.24, 2.45) is 0 Å². The van der Waals surface area contributed by atoms with Crippen molar-refractivity contribution >= 4 is 28.0 Å². The minimum absolute atomic E-state index is 0.327. The monoisotopic (exact) mass is 863 g/mol. The maximum atomic E-state index is 16.1. The fourth-order valence-corrected chi connectivity index (χ4v) is 6.62. The van der Waals surface area contributed by atoms with Gasteiger partial charge in [-0.2, -0.15) is 35.1 Å². The molecule has 5 aromatic carbocycles. The molecule has 0 spiro atoms. The number of methoxy groups -OCH3 is 4. The lowest BCUT2D eigenvalue weighted by atomic mass is 9.12. The summed E-state index contributed by atoms with van der Waals surface area (Å²) in [5.74, 6) is -57.7. The van der Waals surface area contributed by atoms with E-state index in [0.717, 1.165) is 6.54 Å². The predicted molar refractivity (Wildman–Crippen MR) is 179 cm³/mol. The molecular formula is C37H26BF16NO4.